The fourth-order valence-electron chi connectivity index (χ4n) is 3.15. The number of hydrogen-bond donors (Lipinski definition) is 0. The van der Waals surface area contributed by atoms with Crippen LogP contribution >= 0.6 is 15.9 Å². The topological polar surface area (TPSA) is 48.5 Å². The summed E-state index contributed by atoms with van der Waals surface area (Å²) in [5.74, 6) is 1.82. The molecule has 0 unspecified atom stereocenters. The van der Waals surface area contributed by atoms with Gasteiger partial charge in [0.25, 0.3) is 0 Å². The van der Waals surface area contributed by atoms with Gasteiger partial charge in [0.1, 0.15) is 0 Å². The Hall–Kier alpha value is -1.95. The van der Waals surface area contributed by atoms with Crippen molar-refractivity contribution < 1.29 is 0 Å². The van der Waals surface area contributed by atoms with Gasteiger partial charge < -0.3 is 4.57 Å². The number of hydrogen-bond acceptors (Lipinski definition) is 3. The van der Waals surface area contributed by atoms with E-state index in [1.807, 2.05) is 17.9 Å². The zero-order valence-electron chi connectivity index (χ0n) is 14.3. The third kappa shape index (κ3) is 2.59. The summed E-state index contributed by atoms with van der Waals surface area (Å²) < 4.78 is 5.20. The molecule has 0 N–H and O–H groups in total. The number of rotatable bonds is 1. The van der Waals surface area contributed by atoms with Crippen LogP contribution in [-0.4, -0.2) is 24.3 Å². The fraction of sp³-hybridized carbons (Fsp3) is 0.389. The summed E-state index contributed by atoms with van der Waals surface area (Å²) in [7, 11) is 0. The van der Waals surface area contributed by atoms with Gasteiger partial charge in [-0.2, -0.15) is 5.10 Å². The molecule has 0 amide bonds. The first-order chi connectivity index (χ1) is 11.3. The monoisotopic (exact) mass is 385 g/mol. The van der Waals surface area contributed by atoms with Gasteiger partial charge in [-0.1, -0.05) is 36.7 Å². The van der Waals surface area contributed by atoms with Gasteiger partial charge >= 0.3 is 0 Å². The Balaban J connectivity index is 1.94. The standard InChI is InChI=1S/C18H20BrN5/c1-11-15-9-24-17(21-16(22-24)8-18(2,3)4)13-7-12(19)5-6-14(13)23(15)10-20-11/h5-7,10H,8-9H2,1-4H3. The van der Waals surface area contributed by atoms with Gasteiger partial charge in [-0.05, 0) is 30.5 Å². The van der Waals surface area contributed by atoms with Gasteiger partial charge in [-0.25, -0.2) is 14.6 Å². The first-order valence-corrected chi connectivity index (χ1v) is 8.88. The first kappa shape index (κ1) is 15.6. The van der Waals surface area contributed by atoms with Gasteiger partial charge in [-0.15, -0.1) is 0 Å². The SMILES string of the molecule is Cc1ncn2c1Cn1nc(CC(C)(C)C)nc1-c1cc(Br)ccc1-2. The Morgan fingerprint density at radius 1 is 1.25 bits per heavy atom. The molecule has 2 aromatic heterocycles. The van der Waals surface area contributed by atoms with Crippen molar-refractivity contribution in [3.8, 4) is 17.1 Å². The van der Waals surface area contributed by atoms with E-state index in [0.717, 1.165) is 45.2 Å². The summed E-state index contributed by atoms with van der Waals surface area (Å²) in [6, 6.07) is 6.28. The molecule has 0 fully saturated rings. The molecule has 5 nitrogen and oxygen atoms in total. The zero-order chi connectivity index (χ0) is 17.1. The van der Waals surface area contributed by atoms with Crippen molar-refractivity contribution in [3.63, 3.8) is 0 Å². The van der Waals surface area contributed by atoms with Crippen LogP contribution in [0.1, 0.15) is 38.0 Å². The molecule has 6 heteroatoms. The minimum absolute atomic E-state index is 0.158. The molecule has 24 heavy (non-hydrogen) atoms. The maximum Gasteiger partial charge on any atom is 0.160 e. The van der Waals surface area contributed by atoms with Crippen LogP contribution in [0.4, 0.5) is 0 Å². The van der Waals surface area contributed by atoms with Gasteiger partial charge in [0, 0.05) is 16.5 Å². The Morgan fingerprint density at radius 3 is 2.79 bits per heavy atom. The van der Waals surface area contributed by atoms with E-state index in [9.17, 15) is 0 Å². The van der Waals surface area contributed by atoms with Gasteiger partial charge in [0.2, 0.25) is 0 Å². The molecule has 0 atom stereocenters. The van der Waals surface area contributed by atoms with Gasteiger partial charge in [0.05, 0.1) is 29.9 Å². The molecule has 0 spiro atoms. The van der Waals surface area contributed by atoms with E-state index in [1.165, 1.54) is 0 Å². The van der Waals surface area contributed by atoms with Crippen molar-refractivity contribution in [2.24, 2.45) is 5.41 Å². The number of aromatic nitrogens is 5. The van der Waals surface area contributed by atoms with E-state index in [-0.39, 0.29) is 5.41 Å². The summed E-state index contributed by atoms with van der Waals surface area (Å²) in [6.45, 7) is 9.36. The molecule has 0 radical (unpaired) electrons. The third-order valence-corrected chi connectivity index (χ3v) is 4.73. The highest BCUT2D eigenvalue weighted by Gasteiger charge is 2.25. The predicted molar refractivity (Wildman–Crippen MR) is 97.3 cm³/mol. The number of fused-ring (bicyclic) bond motifs is 5. The lowest BCUT2D eigenvalue weighted by Gasteiger charge is -2.15. The second-order valence-electron chi connectivity index (χ2n) is 7.55. The summed E-state index contributed by atoms with van der Waals surface area (Å²) in [6.07, 6.45) is 2.74. The summed E-state index contributed by atoms with van der Waals surface area (Å²) in [5.41, 5.74) is 4.52. The van der Waals surface area contributed by atoms with Gasteiger partial charge in [-0.3, -0.25) is 0 Å². The van der Waals surface area contributed by atoms with Crippen LogP contribution in [-0.2, 0) is 13.0 Å². The molecule has 4 rings (SSSR count). The van der Waals surface area contributed by atoms with Crippen LogP contribution in [0.15, 0.2) is 29.0 Å². The Labute approximate surface area is 149 Å². The van der Waals surface area contributed by atoms with Gasteiger partial charge in [0.15, 0.2) is 11.6 Å². The minimum atomic E-state index is 0.158. The number of nitrogens with zero attached hydrogens (tertiary/aromatic N) is 5. The lowest BCUT2D eigenvalue weighted by molar-refractivity contribution is 0.399. The maximum absolute atomic E-state index is 4.87. The first-order valence-electron chi connectivity index (χ1n) is 8.09. The molecular weight excluding hydrogens is 366 g/mol. The average molecular weight is 386 g/mol. The quantitative estimate of drug-likeness (QED) is 0.494. The highest BCUT2D eigenvalue weighted by atomic mass is 79.9. The van der Waals surface area contributed by atoms with E-state index in [0.29, 0.717) is 6.54 Å². The van der Waals surface area contributed by atoms with Crippen LogP contribution in [0.2, 0.25) is 0 Å². The second kappa shape index (κ2) is 5.28. The summed E-state index contributed by atoms with van der Waals surface area (Å²) in [5, 5.41) is 4.79. The molecular formula is C18H20BrN5. The number of aryl methyl sites for hydroxylation is 1. The lowest BCUT2D eigenvalue weighted by Crippen LogP contribution is -2.11. The van der Waals surface area contributed by atoms with Crippen molar-refractivity contribution in [2.45, 2.75) is 40.7 Å². The summed E-state index contributed by atoms with van der Waals surface area (Å²) in [4.78, 5) is 9.36. The van der Waals surface area contributed by atoms with Crippen molar-refractivity contribution in [1.82, 2.24) is 24.3 Å². The van der Waals surface area contributed by atoms with Crippen molar-refractivity contribution in [1.29, 1.82) is 0 Å². The largest absolute Gasteiger partial charge is 0.300 e. The van der Waals surface area contributed by atoms with Crippen LogP contribution < -0.4 is 0 Å². The Morgan fingerprint density at radius 2 is 2.04 bits per heavy atom. The number of halogens is 1. The van der Waals surface area contributed by atoms with E-state index >= 15 is 0 Å². The van der Waals surface area contributed by atoms with E-state index < -0.39 is 0 Å². The molecule has 1 aliphatic heterocycles. The average Bonchev–Trinajstić information content (AvgIpc) is 2.99. The lowest BCUT2D eigenvalue weighted by atomic mass is 9.92. The van der Waals surface area contributed by atoms with Crippen molar-refractivity contribution >= 4 is 15.9 Å². The normalized spacial score (nSPS) is 13.2. The molecule has 0 saturated carbocycles. The zero-order valence-corrected chi connectivity index (χ0v) is 15.9. The minimum Gasteiger partial charge on any atom is -0.300 e. The highest BCUT2D eigenvalue weighted by molar-refractivity contribution is 9.10. The Kier molecular flexibility index (Phi) is 3.42. The van der Waals surface area contributed by atoms with Crippen LogP contribution in [0.3, 0.4) is 0 Å². The molecule has 3 aromatic rings. The molecule has 0 bridgehead atoms. The molecule has 1 aromatic carbocycles. The number of imidazole rings is 1. The molecule has 0 aliphatic carbocycles. The van der Waals surface area contributed by atoms with E-state index in [2.05, 4.69) is 64.5 Å². The van der Waals surface area contributed by atoms with Crippen LogP contribution in [0.5, 0.6) is 0 Å². The second-order valence-corrected chi connectivity index (χ2v) is 8.47. The highest BCUT2D eigenvalue weighted by Crippen LogP contribution is 2.34. The molecule has 3 heterocycles. The van der Waals surface area contributed by atoms with E-state index in [1.54, 1.807) is 0 Å². The predicted octanol–water partition coefficient (Wildman–Crippen LogP) is 4.15. The number of benzene rings is 1. The summed E-state index contributed by atoms with van der Waals surface area (Å²) >= 11 is 3.59. The molecule has 1 aliphatic rings. The maximum atomic E-state index is 4.87. The molecule has 0 saturated heterocycles. The van der Waals surface area contributed by atoms with Crippen molar-refractivity contribution in [3.05, 3.63) is 46.2 Å². The van der Waals surface area contributed by atoms with Crippen LogP contribution in [0.25, 0.3) is 17.1 Å². The third-order valence-electron chi connectivity index (χ3n) is 4.24. The van der Waals surface area contributed by atoms with E-state index in [4.69, 9.17) is 10.1 Å². The van der Waals surface area contributed by atoms with Crippen molar-refractivity contribution in [2.75, 3.05) is 0 Å². The smallest absolute Gasteiger partial charge is 0.160 e. The Bertz CT molecular complexity index is 930. The molecule has 124 valence electrons. The van der Waals surface area contributed by atoms with Crippen LogP contribution in [0, 0.1) is 12.3 Å². The fourth-order valence-corrected chi connectivity index (χ4v) is 3.51.